The summed E-state index contributed by atoms with van der Waals surface area (Å²) in [5.41, 5.74) is 9.12. The first-order valence-electron chi connectivity index (χ1n) is 6.54. The summed E-state index contributed by atoms with van der Waals surface area (Å²) in [4.78, 5) is 5.40. The third-order valence-electron chi connectivity index (χ3n) is 3.07. The van der Waals surface area contributed by atoms with E-state index in [1.165, 1.54) is 5.56 Å². The molecule has 1 aromatic carbocycles. The Hall–Kier alpha value is -1.98. The van der Waals surface area contributed by atoms with Gasteiger partial charge in [-0.05, 0) is 25.1 Å². The molecule has 4 nitrogen and oxygen atoms in total. The minimum absolute atomic E-state index is 0.625. The van der Waals surface area contributed by atoms with E-state index in [2.05, 4.69) is 46.7 Å². The minimum atomic E-state index is 0.625. The molecular weight excluding hydrogens is 268 g/mol. The van der Waals surface area contributed by atoms with Crippen molar-refractivity contribution in [2.75, 3.05) is 6.54 Å². The second-order valence-electron chi connectivity index (χ2n) is 4.67. The smallest absolute Gasteiger partial charge is 0.212 e. The first kappa shape index (κ1) is 13.0. The monoisotopic (exact) mass is 284 g/mol. The van der Waals surface area contributed by atoms with Crippen molar-refractivity contribution in [2.45, 2.75) is 13.3 Å². The number of hydrogen-bond donors (Lipinski definition) is 1. The van der Waals surface area contributed by atoms with Gasteiger partial charge in [0.1, 0.15) is 0 Å². The van der Waals surface area contributed by atoms with E-state index in [0.29, 0.717) is 6.54 Å². The van der Waals surface area contributed by atoms with Gasteiger partial charge in [0, 0.05) is 11.8 Å². The van der Waals surface area contributed by atoms with Crippen molar-refractivity contribution in [1.82, 2.24) is 14.6 Å². The molecule has 0 aliphatic heterocycles. The molecule has 0 aliphatic rings. The van der Waals surface area contributed by atoms with Gasteiger partial charge in [0.15, 0.2) is 5.82 Å². The van der Waals surface area contributed by atoms with Gasteiger partial charge in [0.2, 0.25) is 4.96 Å². The highest BCUT2D eigenvalue weighted by molar-refractivity contribution is 7.15. The Morgan fingerprint density at radius 2 is 2.05 bits per heavy atom. The second kappa shape index (κ2) is 5.56. The standard InChI is InChI=1S/C15H16N4S/c1-11-2-4-12(5-3-11)6-7-14-17-15-19(18-14)13(8-9-16)10-20-15/h2-7,10H,8-9,16H2,1H3/b7-6-. The lowest BCUT2D eigenvalue weighted by atomic mass is 10.1. The number of rotatable bonds is 4. The molecule has 3 rings (SSSR count). The fourth-order valence-electron chi connectivity index (χ4n) is 1.98. The van der Waals surface area contributed by atoms with E-state index in [1.54, 1.807) is 11.3 Å². The Bertz CT molecular complexity index is 737. The Kier molecular flexibility index (Phi) is 3.62. The normalized spacial score (nSPS) is 11.7. The number of nitrogens with zero attached hydrogens (tertiary/aromatic N) is 3. The van der Waals surface area contributed by atoms with Crippen LogP contribution < -0.4 is 5.73 Å². The van der Waals surface area contributed by atoms with Crippen LogP contribution >= 0.6 is 11.3 Å². The van der Waals surface area contributed by atoms with Crippen LogP contribution in [0.15, 0.2) is 29.6 Å². The molecule has 0 bridgehead atoms. The highest BCUT2D eigenvalue weighted by Gasteiger charge is 2.07. The zero-order valence-electron chi connectivity index (χ0n) is 11.3. The van der Waals surface area contributed by atoms with Crippen LogP contribution in [0.3, 0.4) is 0 Å². The maximum Gasteiger partial charge on any atom is 0.212 e. The summed E-state index contributed by atoms with van der Waals surface area (Å²) in [7, 11) is 0. The number of fused-ring (bicyclic) bond motifs is 1. The molecule has 0 atom stereocenters. The molecule has 5 heteroatoms. The average molecular weight is 284 g/mol. The van der Waals surface area contributed by atoms with Gasteiger partial charge >= 0.3 is 0 Å². The Labute approximate surface area is 121 Å². The molecular formula is C15H16N4S. The van der Waals surface area contributed by atoms with Crippen LogP contribution in [-0.2, 0) is 6.42 Å². The van der Waals surface area contributed by atoms with Crippen molar-refractivity contribution >= 4 is 28.4 Å². The van der Waals surface area contributed by atoms with Crippen molar-refractivity contribution in [1.29, 1.82) is 0 Å². The molecule has 0 aliphatic carbocycles. The van der Waals surface area contributed by atoms with Gasteiger partial charge in [-0.2, -0.15) is 4.98 Å². The van der Waals surface area contributed by atoms with Gasteiger partial charge in [-0.25, -0.2) is 4.52 Å². The lowest BCUT2D eigenvalue weighted by Gasteiger charge is -1.94. The van der Waals surface area contributed by atoms with Gasteiger partial charge in [0.05, 0.1) is 5.69 Å². The van der Waals surface area contributed by atoms with Gasteiger partial charge in [-0.15, -0.1) is 16.4 Å². The highest BCUT2D eigenvalue weighted by atomic mass is 32.1. The minimum Gasteiger partial charge on any atom is -0.330 e. The van der Waals surface area contributed by atoms with Crippen LogP contribution in [0.5, 0.6) is 0 Å². The fraction of sp³-hybridized carbons (Fsp3) is 0.200. The fourth-order valence-corrected chi connectivity index (χ4v) is 2.84. The molecule has 0 amide bonds. The van der Waals surface area contributed by atoms with Crippen LogP contribution in [0.1, 0.15) is 22.6 Å². The van der Waals surface area contributed by atoms with E-state index >= 15 is 0 Å². The maximum atomic E-state index is 5.59. The number of aryl methyl sites for hydroxylation is 1. The van der Waals surface area contributed by atoms with E-state index in [9.17, 15) is 0 Å². The molecule has 20 heavy (non-hydrogen) atoms. The number of nitrogens with two attached hydrogens (primary N) is 1. The van der Waals surface area contributed by atoms with Crippen LogP contribution in [0.2, 0.25) is 0 Å². The van der Waals surface area contributed by atoms with E-state index in [4.69, 9.17) is 5.73 Å². The Balaban J connectivity index is 1.85. The van der Waals surface area contributed by atoms with Crippen molar-refractivity contribution in [3.63, 3.8) is 0 Å². The van der Waals surface area contributed by atoms with Crippen molar-refractivity contribution < 1.29 is 0 Å². The molecule has 0 unspecified atom stereocenters. The van der Waals surface area contributed by atoms with E-state index in [0.717, 1.165) is 28.5 Å². The molecule has 0 saturated heterocycles. The van der Waals surface area contributed by atoms with Crippen molar-refractivity contribution in [3.8, 4) is 0 Å². The number of thiazole rings is 1. The second-order valence-corrected chi connectivity index (χ2v) is 5.51. The SMILES string of the molecule is Cc1ccc(/C=C\c2nc3scc(CCN)n3n2)cc1. The average Bonchev–Trinajstić information content (AvgIpc) is 3.00. The lowest BCUT2D eigenvalue weighted by Crippen LogP contribution is -2.05. The van der Waals surface area contributed by atoms with Crippen molar-refractivity contribution in [2.24, 2.45) is 5.73 Å². The zero-order chi connectivity index (χ0) is 13.9. The number of aromatic nitrogens is 3. The molecule has 102 valence electrons. The first-order valence-corrected chi connectivity index (χ1v) is 7.42. The maximum absolute atomic E-state index is 5.59. The van der Waals surface area contributed by atoms with E-state index in [-0.39, 0.29) is 0 Å². The number of hydrogen-bond acceptors (Lipinski definition) is 4. The number of benzene rings is 1. The van der Waals surface area contributed by atoms with E-state index in [1.807, 2.05) is 16.7 Å². The van der Waals surface area contributed by atoms with Gasteiger partial charge in [-0.3, -0.25) is 0 Å². The largest absolute Gasteiger partial charge is 0.330 e. The van der Waals surface area contributed by atoms with Gasteiger partial charge < -0.3 is 5.73 Å². The van der Waals surface area contributed by atoms with Crippen LogP contribution in [-0.4, -0.2) is 21.1 Å². The molecule has 2 N–H and O–H groups in total. The van der Waals surface area contributed by atoms with Crippen LogP contribution in [0.25, 0.3) is 17.1 Å². The summed E-state index contributed by atoms with van der Waals surface area (Å²) in [6.45, 7) is 2.71. The lowest BCUT2D eigenvalue weighted by molar-refractivity contribution is 0.839. The summed E-state index contributed by atoms with van der Waals surface area (Å²) >= 11 is 1.60. The highest BCUT2D eigenvalue weighted by Crippen LogP contribution is 2.16. The first-order chi connectivity index (χ1) is 9.76. The predicted octanol–water partition coefficient (Wildman–Crippen LogP) is 2.77. The zero-order valence-corrected chi connectivity index (χ0v) is 12.1. The Morgan fingerprint density at radius 3 is 2.80 bits per heavy atom. The molecule has 3 aromatic rings. The molecule has 2 aromatic heterocycles. The summed E-state index contributed by atoms with van der Waals surface area (Å²) < 4.78 is 1.88. The summed E-state index contributed by atoms with van der Waals surface area (Å²) in [6.07, 6.45) is 4.79. The summed E-state index contributed by atoms with van der Waals surface area (Å²) in [5.74, 6) is 0.732. The Morgan fingerprint density at radius 1 is 1.25 bits per heavy atom. The third kappa shape index (κ3) is 2.64. The van der Waals surface area contributed by atoms with Crippen LogP contribution in [0, 0.1) is 6.92 Å². The summed E-state index contributed by atoms with van der Waals surface area (Å²) in [5, 5.41) is 6.56. The molecule has 0 radical (unpaired) electrons. The molecule has 0 fully saturated rings. The molecule has 0 saturated carbocycles. The summed E-state index contributed by atoms with van der Waals surface area (Å²) in [6, 6.07) is 8.37. The molecule has 2 heterocycles. The third-order valence-corrected chi connectivity index (χ3v) is 3.93. The van der Waals surface area contributed by atoms with Gasteiger partial charge in [0.25, 0.3) is 0 Å². The quantitative estimate of drug-likeness (QED) is 0.801. The predicted molar refractivity (Wildman–Crippen MR) is 83.7 cm³/mol. The van der Waals surface area contributed by atoms with E-state index < -0.39 is 0 Å². The van der Waals surface area contributed by atoms with Crippen LogP contribution in [0.4, 0.5) is 0 Å². The topological polar surface area (TPSA) is 56.2 Å². The van der Waals surface area contributed by atoms with Crippen molar-refractivity contribution in [3.05, 3.63) is 52.3 Å². The molecule has 0 spiro atoms. The van der Waals surface area contributed by atoms with Gasteiger partial charge in [-0.1, -0.05) is 35.9 Å².